The van der Waals surface area contributed by atoms with Crippen molar-refractivity contribution < 1.29 is 4.74 Å². The summed E-state index contributed by atoms with van der Waals surface area (Å²) in [6.45, 7) is 30.5. The molecule has 18 atom stereocenters. The van der Waals surface area contributed by atoms with Gasteiger partial charge in [0.15, 0.2) is 0 Å². The van der Waals surface area contributed by atoms with Crippen LogP contribution in [0, 0.1) is 107 Å². The second-order valence-corrected chi connectivity index (χ2v) is 14.7. The summed E-state index contributed by atoms with van der Waals surface area (Å²) in [7, 11) is 0. The minimum Gasteiger partial charge on any atom is -0.361 e. The smallest absolute Gasteiger partial charge is 0.105 e. The molecule has 7 rings (SSSR count). The Labute approximate surface area is 205 Å². The number of hydrogen-bond acceptors (Lipinski definition) is 1. The van der Waals surface area contributed by atoms with E-state index in [1.807, 2.05) is 13.8 Å². The van der Waals surface area contributed by atoms with E-state index in [1.165, 1.54) is 0 Å². The average molecular weight is 455 g/mol. The summed E-state index contributed by atoms with van der Waals surface area (Å²) in [5.74, 6) is 15.6. The molecule has 0 aromatic rings. The molecule has 7 fully saturated rings. The van der Waals surface area contributed by atoms with Gasteiger partial charge in [-0.05, 0) is 107 Å². The Bertz CT molecular complexity index is 749. The molecule has 188 valence electrons. The lowest BCUT2D eigenvalue weighted by molar-refractivity contribution is -0.152. The summed E-state index contributed by atoms with van der Waals surface area (Å²) in [4.78, 5) is 0. The summed E-state index contributed by atoms with van der Waals surface area (Å²) in [5.41, 5.74) is 0.451. The first-order valence-corrected chi connectivity index (χ1v) is 15.3. The van der Waals surface area contributed by atoms with Crippen LogP contribution in [0.4, 0.5) is 0 Å². The molecule has 1 spiro atoms. The third-order valence-corrected chi connectivity index (χ3v) is 15.2. The van der Waals surface area contributed by atoms with Gasteiger partial charge in [-0.2, -0.15) is 0 Å². The van der Waals surface area contributed by atoms with Crippen molar-refractivity contribution >= 4 is 0 Å². The Hall–Kier alpha value is -0.0400. The van der Waals surface area contributed by atoms with Crippen LogP contribution in [0.5, 0.6) is 0 Å². The highest BCUT2D eigenvalue weighted by Crippen LogP contribution is 2.87. The molecule has 1 heterocycles. The number of ether oxygens (including phenoxy) is 1. The average Bonchev–Trinajstić information content (AvgIpc) is 3.44. The quantitative estimate of drug-likeness (QED) is 0.339. The molecule has 1 aliphatic heterocycles. The van der Waals surface area contributed by atoms with Gasteiger partial charge in [0.05, 0.1) is 0 Å². The molecule has 0 aromatic carbocycles. The van der Waals surface area contributed by atoms with E-state index in [-0.39, 0.29) is 11.2 Å². The molecule has 0 bridgehead atoms. The molecule has 0 aromatic heterocycles. The van der Waals surface area contributed by atoms with Gasteiger partial charge in [-0.25, -0.2) is 0 Å². The Morgan fingerprint density at radius 1 is 0.364 bits per heavy atom. The van der Waals surface area contributed by atoms with Gasteiger partial charge in [-0.1, -0.05) is 83.1 Å². The molecule has 6 aliphatic carbocycles. The second kappa shape index (κ2) is 6.83. The summed E-state index contributed by atoms with van der Waals surface area (Å²) >= 11 is 0. The lowest BCUT2D eigenvalue weighted by Crippen LogP contribution is -2.64. The number of hydrogen-bond donors (Lipinski definition) is 0. The van der Waals surface area contributed by atoms with Gasteiger partial charge in [0.25, 0.3) is 0 Å². The van der Waals surface area contributed by atoms with E-state index < -0.39 is 0 Å². The first-order valence-electron chi connectivity index (χ1n) is 15.3. The second-order valence-electron chi connectivity index (χ2n) is 14.7. The molecule has 7 aliphatic rings. The van der Waals surface area contributed by atoms with Crippen LogP contribution in [0.15, 0.2) is 0 Å². The van der Waals surface area contributed by atoms with Gasteiger partial charge in [-0.15, -0.1) is 0 Å². The fourth-order valence-corrected chi connectivity index (χ4v) is 13.7. The van der Waals surface area contributed by atoms with Crippen molar-refractivity contribution in [2.75, 3.05) is 0 Å². The van der Waals surface area contributed by atoms with E-state index in [1.54, 1.807) is 0 Å². The highest BCUT2D eigenvalue weighted by molar-refractivity contribution is 5.40. The number of epoxide rings is 1. The van der Waals surface area contributed by atoms with Crippen LogP contribution < -0.4 is 0 Å². The molecule has 18 unspecified atom stereocenters. The zero-order chi connectivity index (χ0) is 24.1. The zero-order valence-electron chi connectivity index (χ0n) is 23.8. The van der Waals surface area contributed by atoms with E-state index in [9.17, 15) is 0 Å². The Kier molecular flexibility index (Phi) is 4.84. The summed E-state index contributed by atoms with van der Waals surface area (Å²) in [5, 5.41) is 0. The minimum atomic E-state index is 0.202. The molecular weight excluding hydrogens is 400 g/mol. The lowest BCUT2D eigenvalue weighted by Gasteiger charge is -2.62. The van der Waals surface area contributed by atoms with Crippen molar-refractivity contribution in [3.63, 3.8) is 0 Å². The molecule has 1 saturated heterocycles. The molecule has 1 heteroatoms. The van der Waals surface area contributed by atoms with E-state index in [4.69, 9.17) is 4.74 Å². The van der Waals surface area contributed by atoms with Crippen molar-refractivity contribution in [3.05, 3.63) is 0 Å². The molecule has 1 nitrogen and oxygen atoms in total. The third-order valence-electron chi connectivity index (χ3n) is 15.2. The summed E-state index contributed by atoms with van der Waals surface area (Å²) in [6.07, 6.45) is 0. The van der Waals surface area contributed by atoms with Crippen molar-refractivity contribution in [2.45, 2.75) is 94.3 Å². The van der Waals surface area contributed by atoms with E-state index in [2.05, 4.69) is 69.2 Å². The largest absolute Gasteiger partial charge is 0.361 e. The van der Waals surface area contributed by atoms with Gasteiger partial charge >= 0.3 is 0 Å². The van der Waals surface area contributed by atoms with Gasteiger partial charge in [0, 0.05) is 0 Å². The molecule has 0 N–H and O–H groups in total. The highest BCUT2D eigenvalue weighted by Gasteiger charge is 2.93. The maximum atomic E-state index is 7.50. The summed E-state index contributed by atoms with van der Waals surface area (Å²) in [6, 6.07) is 0. The van der Waals surface area contributed by atoms with E-state index >= 15 is 0 Å². The van der Waals surface area contributed by atoms with Crippen LogP contribution in [-0.2, 0) is 4.74 Å². The van der Waals surface area contributed by atoms with Gasteiger partial charge < -0.3 is 4.74 Å². The standard InChI is InChI=1S/C30H48O.C2H6/c1-11-12(2)22-14(4)16(6)24-18(8)20(10)29-19(9)17(7)23-15(5)13(3)21(11)25-26(22)28(24)30(29,31-29)27(23)25;1-2/h11-28H,1-10H3;1-2H3. The predicted octanol–water partition coefficient (Wildman–Crippen LogP) is 7.89. The monoisotopic (exact) mass is 454 g/mol. The van der Waals surface area contributed by atoms with Gasteiger partial charge in [-0.3, -0.25) is 0 Å². The molecule has 0 radical (unpaired) electrons. The highest BCUT2D eigenvalue weighted by atomic mass is 16.6. The van der Waals surface area contributed by atoms with Crippen molar-refractivity contribution in [1.29, 1.82) is 0 Å². The Morgan fingerprint density at radius 3 is 1.00 bits per heavy atom. The van der Waals surface area contributed by atoms with Crippen LogP contribution in [0.25, 0.3) is 0 Å². The van der Waals surface area contributed by atoms with Gasteiger partial charge in [0.1, 0.15) is 11.2 Å². The zero-order valence-corrected chi connectivity index (χ0v) is 23.8. The molecule has 33 heavy (non-hydrogen) atoms. The van der Waals surface area contributed by atoms with Crippen LogP contribution >= 0.6 is 0 Å². The van der Waals surface area contributed by atoms with E-state index in [0.29, 0.717) is 0 Å². The van der Waals surface area contributed by atoms with Crippen LogP contribution in [0.3, 0.4) is 0 Å². The Morgan fingerprint density at radius 2 is 0.667 bits per heavy atom. The fourth-order valence-electron chi connectivity index (χ4n) is 13.7. The summed E-state index contributed by atoms with van der Waals surface area (Å²) < 4.78 is 7.50. The molecule has 0 amide bonds. The SMILES string of the molecule is CC.CC1C(C)C2C(C)C(C)C3C(C)C(C)C45OC46C4C(C(C)C(C)C1C4C2C36)C(C)C5C. The third kappa shape index (κ3) is 2.10. The number of rotatable bonds is 0. The lowest BCUT2D eigenvalue weighted by atomic mass is 9.42. The van der Waals surface area contributed by atoms with E-state index in [0.717, 1.165) is 107 Å². The maximum absolute atomic E-state index is 7.50. The van der Waals surface area contributed by atoms with Crippen LogP contribution in [-0.4, -0.2) is 11.2 Å². The molecular formula is C32H54O. The normalized spacial score (nSPS) is 72.4. The maximum Gasteiger partial charge on any atom is 0.105 e. The van der Waals surface area contributed by atoms with Crippen molar-refractivity contribution in [2.24, 2.45) is 107 Å². The van der Waals surface area contributed by atoms with Crippen LogP contribution in [0.1, 0.15) is 83.1 Å². The molecule has 6 saturated carbocycles. The topological polar surface area (TPSA) is 12.5 Å². The first kappa shape index (κ1) is 23.4. The van der Waals surface area contributed by atoms with Crippen molar-refractivity contribution in [3.8, 4) is 0 Å². The fraction of sp³-hybridized carbons (Fsp3) is 1.00. The van der Waals surface area contributed by atoms with Gasteiger partial charge in [0.2, 0.25) is 0 Å². The predicted molar refractivity (Wildman–Crippen MR) is 137 cm³/mol. The van der Waals surface area contributed by atoms with Crippen molar-refractivity contribution in [1.82, 2.24) is 0 Å². The minimum absolute atomic E-state index is 0.202. The Balaban J connectivity index is 0.00000101. The first-order chi connectivity index (χ1) is 15.6. The van der Waals surface area contributed by atoms with Crippen LogP contribution in [0.2, 0.25) is 0 Å².